The van der Waals surface area contributed by atoms with E-state index in [2.05, 4.69) is 36.6 Å². The first-order chi connectivity index (χ1) is 7.58. The van der Waals surface area contributed by atoms with Crippen LogP contribution in [0.1, 0.15) is 25.0 Å². The molecular weight excluding hydrogens is 200 g/mol. The molecule has 2 N–H and O–H groups in total. The van der Waals surface area contributed by atoms with Crippen molar-refractivity contribution >= 4 is 11.6 Å². The Morgan fingerprint density at radius 3 is 2.81 bits per heavy atom. The van der Waals surface area contributed by atoms with Gasteiger partial charge in [0.1, 0.15) is 0 Å². The first-order valence-corrected chi connectivity index (χ1v) is 5.71. The number of carbonyl (C=O) groups excluding carboxylic acids is 1. The highest BCUT2D eigenvalue weighted by Gasteiger charge is 2.25. The van der Waals surface area contributed by atoms with Gasteiger partial charge in [0.2, 0.25) is 5.91 Å². The summed E-state index contributed by atoms with van der Waals surface area (Å²) in [7, 11) is 0. The second-order valence-electron chi connectivity index (χ2n) is 4.75. The first-order valence-electron chi connectivity index (χ1n) is 5.71. The minimum absolute atomic E-state index is 0.0688. The van der Waals surface area contributed by atoms with Crippen LogP contribution in [0.4, 0.5) is 5.69 Å². The second kappa shape index (κ2) is 4.26. The Hall–Kier alpha value is -1.35. The van der Waals surface area contributed by atoms with Crippen LogP contribution in [0.25, 0.3) is 0 Å². The number of amides is 1. The third-order valence-corrected chi connectivity index (χ3v) is 2.98. The van der Waals surface area contributed by atoms with E-state index in [-0.39, 0.29) is 11.9 Å². The summed E-state index contributed by atoms with van der Waals surface area (Å²) in [5, 5.41) is 6.29. The molecule has 1 atom stereocenters. The van der Waals surface area contributed by atoms with E-state index >= 15 is 0 Å². The van der Waals surface area contributed by atoms with Crippen molar-refractivity contribution < 1.29 is 4.79 Å². The van der Waals surface area contributed by atoms with Gasteiger partial charge in [-0.2, -0.15) is 0 Å². The molecule has 1 aliphatic rings. The number of rotatable bonds is 1. The zero-order chi connectivity index (χ0) is 11.7. The molecule has 3 heteroatoms. The minimum Gasteiger partial charge on any atom is -0.324 e. The Morgan fingerprint density at radius 1 is 1.38 bits per heavy atom. The Labute approximate surface area is 96.2 Å². The first kappa shape index (κ1) is 11.1. The predicted molar refractivity (Wildman–Crippen MR) is 65.3 cm³/mol. The molecule has 0 radical (unpaired) electrons. The molecule has 2 rings (SSSR count). The SMILES string of the molecule is Cc1ccc2c(c1)NC(=O)C(C(C)C)NC2. The average Bonchev–Trinajstić information content (AvgIpc) is 2.35. The maximum atomic E-state index is 12.0. The van der Waals surface area contributed by atoms with Crippen molar-refractivity contribution in [2.24, 2.45) is 5.92 Å². The topological polar surface area (TPSA) is 41.1 Å². The molecular formula is C13H18N2O. The van der Waals surface area contributed by atoms with Crippen LogP contribution in [0.15, 0.2) is 18.2 Å². The lowest BCUT2D eigenvalue weighted by molar-refractivity contribution is -0.119. The summed E-state index contributed by atoms with van der Waals surface area (Å²) in [6, 6.07) is 6.06. The van der Waals surface area contributed by atoms with Gasteiger partial charge < -0.3 is 10.6 Å². The van der Waals surface area contributed by atoms with Crippen molar-refractivity contribution in [1.29, 1.82) is 0 Å². The molecule has 16 heavy (non-hydrogen) atoms. The van der Waals surface area contributed by atoms with Crippen molar-refractivity contribution in [1.82, 2.24) is 5.32 Å². The van der Waals surface area contributed by atoms with E-state index in [1.54, 1.807) is 0 Å². The maximum absolute atomic E-state index is 12.0. The Bertz CT molecular complexity index is 412. The number of benzene rings is 1. The van der Waals surface area contributed by atoms with Crippen LogP contribution in [-0.2, 0) is 11.3 Å². The summed E-state index contributed by atoms with van der Waals surface area (Å²) in [5.41, 5.74) is 3.27. The van der Waals surface area contributed by atoms with Gasteiger partial charge >= 0.3 is 0 Å². The zero-order valence-electron chi connectivity index (χ0n) is 10.0. The van der Waals surface area contributed by atoms with Crippen molar-refractivity contribution in [3.8, 4) is 0 Å². The highest BCUT2D eigenvalue weighted by Crippen LogP contribution is 2.21. The highest BCUT2D eigenvalue weighted by molar-refractivity contribution is 5.96. The molecule has 1 aliphatic heterocycles. The molecule has 1 heterocycles. The van der Waals surface area contributed by atoms with E-state index in [4.69, 9.17) is 0 Å². The van der Waals surface area contributed by atoms with Crippen LogP contribution >= 0.6 is 0 Å². The second-order valence-corrected chi connectivity index (χ2v) is 4.75. The average molecular weight is 218 g/mol. The lowest BCUT2D eigenvalue weighted by Gasteiger charge is -2.17. The van der Waals surface area contributed by atoms with Crippen molar-refractivity contribution in [3.63, 3.8) is 0 Å². The summed E-state index contributed by atoms with van der Waals surface area (Å²) < 4.78 is 0. The fourth-order valence-corrected chi connectivity index (χ4v) is 2.02. The molecule has 0 aliphatic carbocycles. The number of nitrogens with one attached hydrogen (secondary N) is 2. The van der Waals surface area contributed by atoms with Crippen molar-refractivity contribution in [3.05, 3.63) is 29.3 Å². The van der Waals surface area contributed by atoms with Gasteiger partial charge in [0.25, 0.3) is 0 Å². The quantitative estimate of drug-likeness (QED) is 0.757. The van der Waals surface area contributed by atoms with Crippen LogP contribution in [0.5, 0.6) is 0 Å². The summed E-state index contributed by atoms with van der Waals surface area (Å²) in [4.78, 5) is 12.0. The number of hydrogen-bond acceptors (Lipinski definition) is 2. The number of aryl methyl sites for hydroxylation is 1. The van der Waals surface area contributed by atoms with E-state index in [1.807, 2.05) is 13.0 Å². The molecule has 0 saturated heterocycles. The van der Waals surface area contributed by atoms with Gasteiger partial charge in [0, 0.05) is 12.2 Å². The fourth-order valence-electron chi connectivity index (χ4n) is 2.02. The Kier molecular flexibility index (Phi) is 2.97. The number of hydrogen-bond donors (Lipinski definition) is 2. The lowest BCUT2D eigenvalue weighted by atomic mass is 10.0. The lowest BCUT2D eigenvalue weighted by Crippen LogP contribution is -2.41. The molecule has 3 nitrogen and oxygen atoms in total. The van der Waals surface area contributed by atoms with Crippen LogP contribution in [0.3, 0.4) is 0 Å². The van der Waals surface area contributed by atoms with Crippen LogP contribution < -0.4 is 10.6 Å². The van der Waals surface area contributed by atoms with E-state index in [0.717, 1.165) is 17.8 Å². The molecule has 0 bridgehead atoms. The van der Waals surface area contributed by atoms with Crippen LogP contribution in [0, 0.1) is 12.8 Å². The third-order valence-electron chi connectivity index (χ3n) is 2.98. The van der Waals surface area contributed by atoms with Gasteiger partial charge in [-0.05, 0) is 30.0 Å². The third kappa shape index (κ3) is 2.09. The van der Waals surface area contributed by atoms with E-state index in [1.165, 1.54) is 5.56 Å². The Balaban J connectivity index is 2.30. The van der Waals surface area contributed by atoms with Gasteiger partial charge in [-0.15, -0.1) is 0 Å². The molecule has 1 amide bonds. The minimum atomic E-state index is -0.104. The summed E-state index contributed by atoms with van der Waals surface area (Å²) in [5.74, 6) is 0.370. The van der Waals surface area contributed by atoms with Crippen molar-refractivity contribution in [2.75, 3.05) is 5.32 Å². The van der Waals surface area contributed by atoms with Gasteiger partial charge in [-0.25, -0.2) is 0 Å². The smallest absolute Gasteiger partial charge is 0.241 e. The summed E-state index contributed by atoms with van der Waals surface area (Å²) in [6.07, 6.45) is 0. The molecule has 1 aromatic carbocycles. The van der Waals surface area contributed by atoms with Crippen LogP contribution in [0.2, 0.25) is 0 Å². The van der Waals surface area contributed by atoms with E-state index < -0.39 is 0 Å². The molecule has 1 unspecified atom stereocenters. The van der Waals surface area contributed by atoms with Gasteiger partial charge in [0.15, 0.2) is 0 Å². The van der Waals surface area contributed by atoms with Gasteiger partial charge in [0.05, 0.1) is 6.04 Å². The molecule has 0 fully saturated rings. The molecule has 0 saturated carbocycles. The standard InChI is InChI=1S/C13H18N2O/c1-8(2)12-13(16)15-11-6-9(3)4-5-10(11)7-14-12/h4-6,8,12,14H,7H2,1-3H3,(H,15,16). The van der Waals surface area contributed by atoms with Gasteiger partial charge in [-0.3, -0.25) is 4.79 Å². The van der Waals surface area contributed by atoms with E-state index in [0.29, 0.717) is 5.92 Å². The monoisotopic (exact) mass is 218 g/mol. The van der Waals surface area contributed by atoms with E-state index in [9.17, 15) is 4.79 Å². The normalized spacial score (nSPS) is 20.2. The van der Waals surface area contributed by atoms with Gasteiger partial charge in [-0.1, -0.05) is 26.0 Å². The predicted octanol–water partition coefficient (Wildman–Crippen LogP) is 2.06. The highest BCUT2D eigenvalue weighted by atomic mass is 16.2. The summed E-state index contributed by atoms with van der Waals surface area (Å²) >= 11 is 0. The zero-order valence-corrected chi connectivity index (χ0v) is 10.0. The molecule has 1 aromatic rings. The molecule has 0 aromatic heterocycles. The number of anilines is 1. The molecule has 86 valence electrons. The molecule has 0 spiro atoms. The maximum Gasteiger partial charge on any atom is 0.241 e. The fraction of sp³-hybridized carbons (Fsp3) is 0.462. The van der Waals surface area contributed by atoms with Crippen LogP contribution in [-0.4, -0.2) is 11.9 Å². The number of carbonyl (C=O) groups is 1. The number of fused-ring (bicyclic) bond motifs is 1. The largest absolute Gasteiger partial charge is 0.324 e. The van der Waals surface area contributed by atoms with Crippen molar-refractivity contribution in [2.45, 2.75) is 33.4 Å². The summed E-state index contributed by atoms with van der Waals surface area (Å²) in [6.45, 7) is 6.89. The Morgan fingerprint density at radius 2 is 2.12 bits per heavy atom.